The Labute approximate surface area is 145 Å². The van der Waals surface area contributed by atoms with E-state index in [1.807, 2.05) is 36.9 Å². The third-order valence-electron chi connectivity index (χ3n) is 4.25. The van der Waals surface area contributed by atoms with Gasteiger partial charge in [0.1, 0.15) is 0 Å². The van der Waals surface area contributed by atoms with E-state index in [1.165, 1.54) is 17.3 Å². The summed E-state index contributed by atoms with van der Waals surface area (Å²) in [7, 11) is 0. The van der Waals surface area contributed by atoms with E-state index in [2.05, 4.69) is 23.2 Å². The summed E-state index contributed by atoms with van der Waals surface area (Å²) >= 11 is 1.33. The number of nitrogens with zero attached hydrogens (tertiary/aromatic N) is 3. The minimum absolute atomic E-state index is 0.0518. The van der Waals surface area contributed by atoms with Gasteiger partial charge in [-0.2, -0.15) is 0 Å². The minimum Gasteiger partial charge on any atom is -0.308 e. The van der Waals surface area contributed by atoms with Crippen molar-refractivity contribution in [3.8, 4) is 0 Å². The number of thioether (sulfide) groups is 1. The average Bonchev–Trinajstić information content (AvgIpc) is 3.07. The fraction of sp³-hybridized carbons (Fsp3) is 0.471. The van der Waals surface area contributed by atoms with Crippen molar-refractivity contribution >= 4 is 23.4 Å². The average molecular weight is 346 g/mol. The van der Waals surface area contributed by atoms with Gasteiger partial charge in [-0.25, -0.2) is 9.89 Å². The SMILES string of the molecule is CCCn1c(S[C@@H](C)C(=O)N2c3ccccc3C[C@@H]2C)n[nH]c1=O. The van der Waals surface area contributed by atoms with Gasteiger partial charge in [-0.3, -0.25) is 9.36 Å². The fourth-order valence-electron chi connectivity index (χ4n) is 3.12. The topological polar surface area (TPSA) is 71.0 Å². The number of rotatable bonds is 5. The van der Waals surface area contributed by atoms with Crippen molar-refractivity contribution in [3.05, 3.63) is 40.3 Å². The summed E-state index contributed by atoms with van der Waals surface area (Å²) in [6.45, 7) is 6.54. The number of carbonyl (C=O) groups is 1. The van der Waals surface area contributed by atoms with E-state index in [1.54, 1.807) is 4.57 Å². The molecule has 1 aliphatic rings. The molecular weight excluding hydrogens is 324 g/mol. The molecule has 0 unspecified atom stereocenters. The molecule has 1 aromatic carbocycles. The first-order valence-electron chi connectivity index (χ1n) is 8.25. The standard InChI is InChI=1S/C17H22N4O2S/c1-4-9-20-16(23)18-19-17(20)24-12(3)15(22)21-11(2)10-13-7-5-6-8-14(13)21/h5-8,11-12H,4,9-10H2,1-3H3,(H,18,23)/t11-,12-/m0/s1. The van der Waals surface area contributed by atoms with Crippen LogP contribution in [0.15, 0.2) is 34.2 Å². The molecule has 0 aliphatic carbocycles. The van der Waals surface area contributed by atoms with Crippen molar-refractivity contribution in [1.29, 1.82) is 0 Å². The Hall–Kier alpha value is -2.02. The summed E-state index contributed by atoms with van der Waals surface area (Å²) in [5.74, 6) is 0.0518. The van der Waals surface area contributed by atoms with Crippen LogP contribution in [0.4, 0.5) is 5.69 Å². The van der Waals surface area contributed by atoms with Crippen LogP contribution in [0.2, 0.25) is 0 Å². The van der Waals surface area contributed by atoms with Crippen molar-refractivity contribution in [2.75, 3.05) is 4.90 Å². The summed E-state index contributed by atoms with van der Waals surface area (Å²) in [5, 5.41) is 6.79. The van der Waals surface area contributed by atoms with Gasteiger partial charge in [0, 0.05) is 18.3 Å². The molecule has 2 aromatic rings. The van der Waals surface area contributed by atoms with Crippen LogP contribution in [0, 0.1) is 0 Å². The van der Waals surface area contributed by atoms with Gasteiger partial charge in [-0.05, 0) is 38.3 Å². The lowest BCUT2D eigenvalue weighted by atomic mass is 10.1. The molecule has 2 heterocycles. The molecule has 3 rings (SSSR count). The maximum absolute atomic E-state index is 13.0. The van der Waals surface area contributed by atoms with E-state index < -0.39 is 0 Å². The number of benzene rings is 1. The number of aromatic amines is 1. The van der Waals surface area contributed by atoms with Crippen LogP contribution in [-0.2, 0) is 17.8 Å². The highest BCUT2D eigenvalue weighted by molar-refractivity contribution is 8.00. The van der Waals surface area contributed by atoms with E-state index in [-0.39, 0.29) is 22.9 Å². The second kappa shape index (κ2) is 6.84. The Morgan fingerprint density at radius 1 is 1.46 bits per heavy atom. The van der Waals surface area contributed by atoms with Crippen molar-refractivity contribution in [2.45, 2.75) is 56.6 Å². The van der Waals surface area contributed by atoms with Crippen LogP contribution in [-0.4, -0.2) is 32.0 Å². The second-order valence-electron chi connectivity index (χ2n) is 6.11. The first kappa shape index (κ1) is 16.8. The molecule has 0 spiro atoms. The third kappa shape index (κ3) is 3.00. The van der Waals surface area contributed by atoms with Crippen LogP contribution in [0.3, 0.4) is 0 Å². The van der Waals surface area contributed by atoms with Crippen LogP contribution >= 0.6 is 11.8 Å². The van der Waals surface area contributed by atoms with Gasteiger partial charge in [0.25, 0.3) is 0 Å². The van der Waals surface area contributed by atoms with Gasteiger partial charge in [0.05, 0.1) is 5.25 Å². The van der Waals surface area contributed by atoms with Crippen LogP contribution in [0.1, 0.15) is 32.8 Å². The quantitative estimate of drug-likeness (QED) is 0.844. The van der Waals surface area contributed by atoms with E-state index in [9.17, 15) is 9.59 Å². The minimum atomic E-state index is -0.315. The number of H-pyrrole nitrogens is 1. The van der Waals surface area contributed by atoms with Crippen molar-refractivity contribution in [2.24, 2.45) is 0 Å². The summed E-state index contributed by atoms with van der Waals surface area (Å²) in [4.78, 5) is 26.6. The molecule has 24 heavy (non-hydrogen) atoms. The molecule has 1 aliphatic heterocycles. The molecule has 0 saturated carbocycles. The number of para-hydroxylation sites is 1. The Morgan fingerprint density at radius 3 is 2.96 bits per heavy atom. The predicted molar refractivity (Wildman–Crippen MR) is 95.6 cm³/mol. The number of fused-ring (bicyclic) bond motifs is 1. The maximum Gasteiger partial charge on any atom is 0.343 e. The maximum atomic E-state index is 13.0. The molecule has 0 fully saturated rings. The van der Waals surface area contributed by atoms with Crippen LogP contribution < -0.4 is 10.6 Å². The second-order valence-corrected chi connectivity index (χ2v) is 7.42. The highest BCUT2D eigenvalue weighted by atomic mass is 32.2. The molecule has 0 radical (unpaired) electrons. The Kier molecular flexibility index (Phi) is 4.80. The van der Waals surface area contributed by atoms with Crippen molar-refractivity contribution < 1.29 is 4.79 Å². The molecule has 1 amide bonds. The smallest absolute Gasteiger partial charge is 0.308 e. The fourth-order valence-corrected chi connectivity index (χ4v) is 4.05. The molecule has 7 heteroatoms. The van der Waals surface area contributed by atoms with Gasteiger partial charge >= 0.3 is 5.69 Å². The molecular formula is C17H22N4O2S. The molecule has 0 bridgehead atoms. The molecule has 6 nitrogen and oxygen atoms in total. The van der Waals surface area contributed by atoms with Gasteiger partial charge < -0.3 is 4.90 Å². The zero-order valence-electron chi connectivity index (χ0n) is 14.2. The number of anilines is 1. The number of hydrogen-bond acceptors (Lipinski definition) is 4. The lowest BCUT2D eigenvalue weighted by Gasteiger charge is -2.25. The molecule has 2 atom stereocenters. The predicted octanol–water partition coefficient (Wildman–Crippen LogP) is 2.44. The summed E-state index contributed by atoms with van der Waals surface area (Å²) in [5.41, 5.74) is 1.98. The number of nitrogens with one attached hydrogen (secondary N) is 1. The van der Waals surface area contributed by atoms with E-state index in [0.717, 1.165) is 18.5 Å². The zero-order chi connectivity index (χ0) is 17.3. The number of amides is 1. The Balaban J connectivity index is 1.80. The zero-order valence-corrected chi connectivity index (χ0v) is 15.0. The van der Waals surface area contributed by atoms with Gasteiger partial charge in [0.15, 0.2) is 5.16 Å². The highest BCUT2D eigenvalue weighted by Gasteiger charge is 2.33. The first-order chi connectivity index (χ1) is 11.5. The van der Waals surface area contributed by atoms with Gasteiger partial charge in [0.2, 0.25) is 5.91 Å². The van der Waals surface area contributed by atoms with Crippen LogP contribution in [0.5, 0.6) is 0 Å². The van der Waals surface area contributed by atoms with E-state index in [0.29, 0.717) is 11.7 Å². The van der Waals surface area contributed by atoms with Crippen molar-refractivity contribution in [1.82, 2.24) is 14.8 Å². The lowest BCUT2D eigenvalue weighted by molar-refractivity contribution is -0.118. The van der Waals surface area contributed by atoms with Crippen LogP contribution in [0.25, 0.3) is 0 Å². The van der Waals surface area contributed by atoms with E-state index >= 15 is 0 Å². The molecule has 1 aromatic heterocycles. The largest absolute Gasteiger partial charge is 0.343 e. The summed E-state index contributed by atoms with van der Waals surface area (Å²) < 4.78 is 1.59. The number of carbonyl (C=O) groups excluding carboxylic acids is 1. The van der Waals surface area contributed by atoms with Crippen molar-refractivity contribution in [3.63, 3.8) is 0 Å². The lowest BCUT2D eigenvalue weighted by Crippen LogP contribution is -2.40. The third-order valence-corrected chi connectivity index (χ3v) is 5.32. The molecule has 1 N–H and O–H groups in total. The highest BCUT2D eigenvalue weighted by Crippen LogP contribution is 2.34. The summed E-state index contributed by atoms with van der Waals surface area (Å²) in [6.07, 6.45) is 1.72. The summed E-state index contributed by atoms with van der Waals surface area (Å²) in [6, 6.07) is 8.18. The first-order valence-corrected chi connectivity index (χ1v) is 9.13. The van der Waals surface area contributed by atoms with Gasteiger partial charge in [-0.1, -0.05) is 36.9 Å². The normalized spacial score (nSPS) is 17.8. The molecule has 128 valence electrons. The number of hydrogen-bond donors (Lipinski definition) is 1. The van der Waals surface area contributed by atoms with E-state index in [4.69, 9.17) is 0 Å². The van der Waals surface area contributed by atoms with Gasteiger partial charge in [-0.15, -0.1) is 5.10 Å². The Morgan fingerprint density at radius 2 is 2.21 bits per heavy atom. The number of aromatic nitrogens is 3. The molecule has 0 saturated heterocycles. The monoisotopic (exact) mass is 346 g/mol. The Bertz CT molecular complexity index is 798.